The number of hydrogen-bond acceptors (Lipinski definition) is 5. The van der Waals surface area contributed by atoms with Gasteiger partial charge in [-0.2, -0.15) is 0 Å². The first-order valence-electron chi connectivity index (χ1n) is 11.1. The van der Waals surface area contributed by atoms with E-state index in [2.05, 4.69) is 70.4 Å². The third kappa shape index (κ3) is 4.23. The van der Waals surface area contributed by atoms with Crippen LogP contribution in [0.4, 0.5) is 0 Å². The van der Waals surface area contributed by atoms with Crippen LogP contribution in [0.5, 0.6) is 0 Å². The SMILES string of the molecule is Cc1ccc(C)c(-n2c(C)nnc2SCC(=O)N2CCc3sccc3C2c2ccccc2)c1. The summed E-state index contributed by atoms with van der Waals surface area (Å²) in [5.41, 5.74) is 5.81. The molecule has 1 aliphatic heterocycles. The Kier molecular flexibility index (Phi) is 6.08. The molecular formula is C26H26N4OS2. The van der Waals surface area contributed by atoms with Gasteiger partial charge in [0.05, 0.1) is 17.5 Å². The highest BCUT2D eigenvalue weighted by atomic mass is 32.2. The Hall–Kier alpha value is -2.90. The molecule has 0 fully saturated rings. The quantitative estimate of drug-likeness (QED) is 0.357. The minimum absolute atomic E-state index is 0.0343. The van der Waals surface area contributed by atoms with Crippen LogP contribution in [-0.4, -0.2) is 37.9 Å². The van der Waals surface area contributed by atoms with Gasteiger partial charge < -0.3 is 4.90 Å². The number of rotatable bonds is 5. The number of thioether (sulfide) groups is 1. The molecule has 2 aromatic heterocycles. The zero-order chi connectivity index (χ0) is 22.9. The van der Waals surface area contributed by atoms with Crippen LogP contribution in [0.25, 0.3) is 5.69 Å². The van der Waals surface area contributed by atoms with E-state index in [0.29, 0.717) is 5.75 Å². The molecule has 2 aromatic carbocycles. The zero-order valence-electron chi connectivity index (χ0n) is 19.0. The van der Waals surface area contributed by atoms with Gasteiger partial charge in [-0.3, -0.25) is 9.36 Å². The van der Waals surface area contributed by atoms with Gasteiger partial charge in [0.15, 0.2) is 5.16 Å². The molecule has 0 radical (unpaired) electrons. The van der Waals surface area contributed by atoms with Crippen molar-refractivity contribution >= 4 is 29.0 Å². The minimum atomic E-state index is -0.0343. The largest absolute Gasteiger partial charge is 0.330 e. The molecule has 1 atom stereocenters. The van der Waals surface area contributed by atoms with Crippen LogP contribution >= 0.6 is 23.1 Å². The van der Waals surface area contributed by atoms with Crippen LogP contribution in [0.2, 0.25) is 0 Å². The Labute approximate surface area is 202 Å². The average Bonchev–Trinajstić information content (AvgIpc) is 3.45. The van der Waals surface area contributed by atoms with Gasteiger partial charge in [0.1, 0.15) is 5.82 Å². The van der Waals surface area contributed by atoms with E-state index >= 15 is 0 Å². The maximum absolute atomic E-state index is 13.5. The Morgan fingerprint density at radius 1 is 1.09 bits per heavy atom. The number of hydrogen-bond donors (Lipinski definition) is 0. The first-order chi connectivity index (χ1) is 16.0. The molecular weight excluding hydrogens is 448 g/mol. The number of carbonyl (C=O) groups excluding carboxylic acids is 1. The molecule has 0 bridgehead atoms. The molecule has 168 valence electrons. The predicted molar refractivity (Wildman–Crippen MR) is 134 cm³/mol. The number of aromatic nitrogens is 3. The van der Waals surface area contributed by atoms with Crippen LogP contribution in [0.15, 0.2) is 65.1 Å². The Morgan fingerprint density at radius 3 is 2.73 bits per heavy atom. The van der Waals surface area contributed by atoms with Crippen molar-refractivity contribution in [1.29, 1.82) is 0 Å². The highest BCUT2D eigenvalue weighted by Gasteiger charge is 2.32. The molecule has 0 saturated heterocycles. The summed E-state index contributed by atoms with van der Waals surface area (Å²) in [7, 11) is 0. The minimum Gasteiger partial charge on any atom is -0.330 e. The zero-order valence-corrected chi connectivity index (χ0v) is 20.6. The topological polar surface area (TPSA) is 51.0 Å². The van der Waals surface area contributed by atoms with Gasteiger partial charge in [-0.1, -0.05) is 54.2 Å². The van der Waals surface area contributed by atoms with Crippen molar-refractivity contribution in [2.45, 2.75) is 38.4 Å². The van der Waals surface area contributed by atoms with E-state index in [4.69, 9.17) is 0 Å². The van der Waals surface area contributed by atoms with Crippen LogP contribution in [-0.2, 0) is 11.2 Å². The third-order valence-electron chi connectivity index (χ3n) is 6.13. The van der Waals surface area contributed by atoms with Crippen molar-refractivity contribution in [1.82, 2.24) is 19.7 Å². The smallest absolute Gasteiger partial charge is 0.233 e. The maximum Gasteiger partial charge on any atom is 0.233 e. The lowest BCUT2D eigenvalue weighted by molar-refractivity contribution is -0.130. The first-order valence-corrected chi connectivity index (χ1v) is 12.9. The second-order valence-corrected chi connectivity index (χ2v) is 10.3. The van der Waals surface area contributed by atoms with E-state index < -0.39 is 0 Å². The lowest BCUT2D eigenvalue weighted by Gasteiger charge is -2.36. The summed E-state index contributed by atoms with van der Waals surface area (Å²) in [6.07, 6.45) is 0.907. The van der Waals surface area contributed by atoms with Crippen LogP contribution in [0.1, 0.15) is 39.0 Å². The van der Waals surface area contributed by atoms with Crippen LogP contribution in [0, 0.1) is 20.8 Å². The summed E-state index contributed by atoms with van der Waals surface area (Å²) in [5.74, 6) is 1.27. The summed E-state index contributed by atoms with van der Waals surface area (Å²) in [5, 5.41) is 11.6. The second kappa shape index (κ2) is 9.15. The van der Waals surface area contributed by atoms with Gasteiger partial charge in [0.2, 0.25) is 5.91 Å². The normalized spacial score (nSPS) is 15.5. The molecule has 5 nitrogen and oxygen atoms in total. The van der Waals surface area contributed by atoms with Crippen molar-refractivity contribution in [2.75, 3.05) is 12.3 Å². The summed E-state index contributed by atoms with van der Waals surface area (Å²) >= 11 is 3.25. The van der Waals surface area contributed by atoms with E-state index in [-0.39, 0.29) is 11.9 Å². The average molecular weight is 475 g/mol. The fraction of sp³-hybridized carbons (Fsp3) is 0.269. The van der Waals surface area contributed by atoms with Crippen molar-refractivity contribution in [3.63, 3.8) is 0 Å². The molecule has 33 heavy (non-hydrogen) atoms. The fourth-order valence-corrected chi connectivity index (χ4v) is 6.24. The standard InChI is InChI=1S/C26H26N4OS2/c1-17-9-10-18(2)22(15-17)30-19(3)27-28-26(30)33-16-24(31)29-13-11-23-21(12-14-32-23)25(29)20-7-5-4-6-8-20/h4-10,12,14-15,25H,11,13,16H2,1-3H3. The van der Waals surface area contributed by atoms with Crippen molar-refractivity contribution in [3.8, 4) is 5.69 Å². The molecule has 5 rings (SSSR count). The fourth-order valence-electron chi connectivity index (χ4n) is 4.46. The van der Waals surface area contributed by atoms with Crippen molar-refractivity contribution in [2.24, 2.45) is 0 Å². The lowest BCUT2D eigenvalue weighted by Crippen LogP contribution is -2.41. The number of aryl methyl sites for hydroxylation is 3. The Balaban J connectivity index is 1.40. The number of thiophene rings is 1. The number of fused-ring (bicyclic) bond motifs is 1. The van der Waals surface area contributed by atoms with E-state index in [9.17, 15) is 4.79 Å². The summed E-state index contributed by atoms with van der Waals surface area (Å²) in [6.45, 7) is 6.85. The molecule has 0 spiro atoms. The highest BCUT2D eigenvalue weighted by Crippen LogP contribution is 2.38. The van der Waals surface area contributed by atoms with E-state index in [1.165, 1.54) is 27.8 Å². The van der Waals surface area contributed by atoms with Gasteiger partial charge >= 0.3 is 0 Å². The van der Waals surface area contributed by atoms with Gasteiger partial charge in [-0.05, 0) is 67.0 Å². The monoisotopic (exact) mass is 474 g/mol. The Bertz CT molecular complexity index is 1290. The Morgan fingerprint density at radius 2 is 1.91 bits per heavy atom. The van der Waals surface area contributed by atoms with Gasteiger partial charge in [-0.15, -0.1) is 21.5 Å². The van der Waals surface area contributed by atoms with E-state index in [1.54, 1.807) is 11.3 Å². The van der Waals surface area contributed by atoms with Crippen LogP contribution in [0.3, 0.4) is 0 Å². The van der Waals surface area contributed by atoms with E-state index in [1.807, 2.05) is 30.0 Å². The van der Waals surface area contributed by atoms with Crippen molar-refractivity contribution < 1.29 is 4.79 Å². The van der Waals surface area contributed by atoms with Crippen molar-refractivity contribution in [3.05, 3.63) is 92.9 Å². The maximum atomic E-state index is 13.5. The van der Waals surface area contributed by atoms with Gasteiger partial charge in [-0.25, -0.2) is 0 Å². The molecule has 3 heterocycles. The molecule has 1 unspecified atom stereocenters. The summed E-state index contributed by atoms with van der Waals surface area (Å²) < 4.78 is 2.06. The molecule has 0 aliphatic carbocycles. The molecule has 0 N–H and O–H groups in total. The van der Waals surface area contributed by atoms with Gasteiger partial charge in [0, 0.05) is 11.4 Å². The number of benzene rings is 2. The molecule has 7 heteroatoms. The highest BCUT2D eigenvalue weighted by molar-refractivity contribution is 7.99. The molecule has 4 aromatic rings. The third-order valence-corrected chi connectivity index (χ3v) is 8.04. The molecule has 0 saturated carbocycles. The number of nitrogens with zero attached hydrogens (tertiary/aromatic N) is 4. The number of amides is 1. The van der Waals surface area contributed by atoms with Gasteiger partial charge in [0.25, 0.3) is 0 Å². The van der Waals surface area contributed by atoms with Crippen LogP contribution < -0.4 is 0 Å². The first kappa shape index (κ1) is 21.9. The lowest BCUT2D eigenvalue weighted by atomic mass is 9.93. The molecule has 1 aliphatic rings. The van der Waals surface area contributed by atoms with E-state index in [0.717, 1.165) is 40.8 Å². The number of carbonyl (C=O) groups is 1. The summed E-state index contributed by atoms with van der Waals surface area (Å²) in [4.78, 5) is 16.9. The second-order valence-electron chi connectivity index (χ2n) is 8.39. The molecule has 1 amide bonds. The summed E-state index contributed by atoms with van der Waals surface area (Å²) in [6, 6.07) is 18.8. The predicted octanol–water partition coefficient (Wildman–Crippen LogP) is 5.52.